The van der Waals surface area contributed by atoms with E-state index in [1.54, 1.807) is 10.9 Å². The Morgan fingerprint density at radius 3 is 2.84 bits per heavy atom. The van der Waals surface area contributed by atoms with Crippen LogP contribution in [0.5, 0.6) is 0 Å². The third-order valence-corrected chi connectivity index (χ3v) is 3.74. The number of benzene rings is 1. The summed E-state index contributed by atoms with van der Waals surface area (Å²) in [6, 6.07) is 8.39. The van der Waals surface area contributed by atoms with Crippen LogP contribution >= 0.6 is 11.3 Å². The van der Waals surface area contributed by atoms with E-state index in [1.807, 2.05) is 0 Å². The van der Waals surface area contributed by atoms with E-state index in [-0.39, 0.29) is 11.3 Å². The van der Waals surface area contributed by atoms with Gasteiger partial charge in [-0.1, -0.05) is 43.7 Å². The van der Waals surface area contributed by atoms with E-state index in [4.69, 9.17) is 0 Å². The van der Waals surface area contributed by atoms with Gasteiger partial charge in [-0.05, 0) is 12.5 Å². The number of carbonyl (C=O) groups excluding carboxylic acids is 1. The quantitative estimate of drug-likeness (QED) is 0.930. The molecule has 4 heteroatoms. The van der Waals surface area contributed by atoms with Crippen molar-refractivity contribution in [2.45, 2.75) is 26.2 Å². The molecule has 0 unspecified atom stereocenters. The van der Waals surface area contributed by atoms with Crippen LogP contribution in [0.15, 0.2) is 35.2 Å². The Bertz CT molecular complexity index is 561. The van der Waals surface area contributed by atoms with Crippen LogP contribution in [0.2, 0.25) is 0 Å². The van der Waals surface area contributed by atoms with Gasteiger partial charge < -0.3 is 5.32 Å². The van der Waals surface area contributed by atoms with E-state index in [0.29, 0.717) is 12.2 Å². The molecule has 0 aliphatic carbocycles. The Morgan fingerprint density at radius 1 is 1.42 bits per heavy atom. The molecule has 0 atom stereocenters. The number of hydrogen-bond donors (Lipinski definition) is 1. The van der Waals surface area contributed by atoms with Crippen molar-refractivity contribution in [1.29, 1.82) is 0 Å². The first-order chi connectivity index (χ1) is 8.99. The molecule has 0 fully saturated rings. The van der Waals surface area contributed by atoms with Gasteiger partial charge in [0, 0.05) is 17.3 Å². The maximum Gasteiger partial charge on any atom is 0.270 e. The summed E-state index contributed by atoms with van der Waals surface area (Å²) in [6.45, 7) is 6.92. The second kappa shape index (κ2) is 5.53. The van der Waals surface area contributed by atoms with E-state index in [2.05, 4.69) is 55.3 Å². The van der Waals surface area contributed by atoms with Crippen LogP contribution in [0.3, 0.4) is 0 Å². The lowest BCUT2D eigenvalue weighted by atomic mass is 9.84. The van der Waals surface area contributed by atoms with Crippen LogP contribution < -0.4 is 5.32 Å². The van der Waals surface area contributed by atoms with Gasteiger partial charge in [0.1, 0.15) is 5.69 Å². The first kappa shape index (κ1) is 13.7. The van der Waals surface area contributed by atoms with Crippen molar-refractivity contribution in [2.75, 3.05) is 6.54 Å². The zero-order chi connectivity index (χ0) is 13.9. The molecule has 0 saturated heterocycles. The highest BCUT2D eigenvalue weighted by Crippen LogP contribution is 2.23. The van der Waals surface area contributed by atoms with Gasteiger partial charge in [-0.15, -0.1) is 11.3 Å². The molecule has 3 nitrogen and oxygen atoms in total. The molecule has 0 aliphatic rings. The van der Waals surface area contributed by atoms with Gasteiger partial charge >= 0.3 is 0 Å². The Balaban J connectivity index is 2.03. The number of aryl methyl sites for hydroxylation is 1. The minimum atomic E-state index is -0.109. The topological polar surface area (TPSA) is 42.0 Å². The van der Waals surface area contributed by atoms with Crippen molar-refractivity contribution in [1.82, 2.24) is 10.3 Å². The normalized spacial score (nSPS) is 11.3. The number of carbonyl (C=O) groups is 1. The molecule has 1 aromatic heterocycles. The van der Waals surface area contributed by atoms with Crippen molar-refractivity contribution in [2.24, 2.45) is 0 Å². The second-order valence-electron chi connectivity index (χ2n) is 5.31. The lowest BCUT2D eigenvalue weighted by Crippen LogP contribution is -2.36. The van der Waals surface area contributed by atoms with Gasteiger partial charge in [0.2, 0.25) is 0 Å². The van der Waals surface area contributed by atoms with E-state index in [0.717, 1.165) is 0 Å². The first-order valence-electron chi connectivity index (χ1n) is 6.22. The Labute approximate surface area is 117 Å². The largest absolute Gasteiger partial charge is 0.350 e. The van der Waals surface area contributed by atoms with Gasteiger partial charge in [-0.25, -0.2) is 4.98 Å². The fourth-order valence-electron chi connectivity index (χ4n) is 1.88. The maximum absolute atomic E-state index is 11.9. The van der Waals surface area contributed by atoms with Crippen LogP contribution in [0.1, 0.15) is 35.5 Å². The molecule has 0 bridgehead atoms. The van der Waals surface area contributed by atoms with Crippen molar-refractivity contribution >= 4 is 17.2 Å². The van der Waals surface area contributed by atoms with Gasteiger partial charge in [0.15, 0.2) is 0 Å². The van der Waals surface area contributed by atoms with Crippen molar-refractivity contribution in [3.8, 4) is 0 Å². The molecule has 1 amide bonds. The van der Waals surface area contributed by atoms with Crippen molar-refractivity contribution in [3.63, 3.8) is 0 Å². The SMILES string of the molecule is Cc1cccc(C(C)(C)CNC(=O)c2cscn2)c1. The average molecular weight is 274 g/mol. The molecule has 1 heterocycles. The van der Waals surface area contributed by atoms with Gasteiger partial charge in [-0.3, -0.25) is 4.79 Å². The monoisotopic (exact) mass is 274 g/mol. The summed E-state index contributed by atoms with van der Waals surface area (Å²) in [5.74, 6) is -0.109. The van der Waals surface area contributed by atoms with Crippen LogP contribution in [0.25, 0.3) is 0 Å². The lowest BCUT2D eigenvalue weighted by Gasteiger charge is -2.25. The molecule has 0 aliphatic heterocycles. The molecule has 0 radical (unpaired) electrons. The molecule has 1 aromatic carbocycles. The summed E-state index contributed by atoms with van der Waals surface area (Å²) in [7, 11) is 0. The fourth-order valence-corrected chi connectivity index (χ4v) is 2.42. The second-order valence-corrected chi connectivity index (χ2v) is 6.03. The predicted octanol–water partition coefficient (Wildman–Crippen LogP) is 3.16. The van der Waals surface area contributed by atoms with Gasteiger partial charge in [0.05, 0.1) is 5.51 Å². The van der Waals surface area contributed by atoms with Crippen LogP contribution in [-0.4, -0.2) is 17.4 Å². The van der Waals surface area contributed by atoms with Crippen LogP contribution in [-0.2, 0) is 5.41 Å². The summed E-state index contributed by atoms with van der Waals surface area (Å²) in [4.78, 5) is 15.9. The van der Waals surface area contributed by atoms with Crippen molar-refractivity contribution < 1.29 is 4.79 Å². The summed E-state index contributed by atoms with van der Waals surface area (Å²) >= 11 is 1.43. The third-order valence-electron chi connectivity index (χ3n) is 3.16. The number of aromatic nitrogens is 1. The van der Waals surface area contributed by atoms with Gasteiger partial charge in [0.25, 0.3) is 5.91 Å². The highest BCUT2D eigenvalue weighted by atomic mass is 32.1. The van der Waals surface area contributed by atoms with Crippen LogP contribution in [0.4, 0.5) is 0 Å². The molecule has 2 rings (SSSR count). The van der Waals surface area contributed by atoms with Gasteiger partial charge in [-0.2, -0.15) is 0 Å². The molecule has 100 valence electrons. The summed E-state index contributed by atoms with van der Waals surface area (Å²) in [5, 5.41) is 4.71. The van der Waals surface area contributed by atoms with E-state index in [1.165, 1.54) is 22.5 Å². The fraction of sp³-hybridized carbons (Fsp3) is 0.333. The summed E-state index contributed by atoms with van der Waals surface area (Å²) in [6.07, 6.45) is 0. The molecule has 1 N–H and O–H groups in total. The Morgan fingerprint density at radius 2 is 2.21 bits per heavy atom. The van der Waals surface area contributed by atoms with Crippen molar-refractivity contribution in [3.05, 3.63) is 52.0 Å². The standard InChI is InChI=1S/C15H18N2OS/c1-11-5-4-6-12(7-11)15(2,3)9-16-14(18)13-8-19-10-17-13/h4-8,10H,9H2,1-3H3,(H,16,18). The van der Waals surface area contributed by atoms with Crippen LogP contribution in [0, 0.1) is 6.92 Å². The average Bonchev–Trinajstić information content (AvgIpc) is 2.90. The third kappa shape index (κ3) is 3.41. The van der Waals surface area contributed by atoms with E-state index < -0.39 is 0 Å². The summed E-state index contributed by atoms with van der Waals surface area (Å²) in [5.41, 5.74) is 4.52. The Kier molecular flexibility index (Phi) is 4.00. The minimum Gasteiger partial charge on any atom is -0.350 e. The number of rotatable bonds is 4. The zero-order valence-corrected chi connectivity index (χ0v) is 12.3. The number of hydrogen-bond acceptors (Lipinski definition) is 3. The highest BCUT2D eigenvalue weighted by Gasteiger charge is 2.22. The first-order valence-corrected chi connectivity index (χ1v) is 7.17. The summed E-state index contributed by atoms with van der Waals surface area (Å²) < 4.78 is 0. The number of amides is 1. The molecule has 0 spiro atoms. The number of thiazole rings is 1. The van der Waals surface area contributed by atoms with E-state index in [9.17, 15) is 4.79 Å². The Hall–Kier alpha value is -1.68. The smallest absolute Gasteiger partial charge is 0.270 e. The van der Waals surface area contributed by atoms with E-state index >= 15 is 0 Å². The lowest BCUT2D eigenvalue weighted by molar-refractivity contribution is 0.0941. The molecular weight excluding hydrogens is 256 g/mol. The maximum atomic E-state index is 11.9. The molecule has 0 saturated carbocycles. The highest BCUT2D eigenvalue weighted by molar-refractivity contribution is 7.07. The molecule has 2 aromatic rings. The zero-order valence-electron chi connectivity index (χ0n) is 11.4. The molecule has 19 heavy (non-hydrogen) atoms. The minimum absolute atomic E-state index is 0.0995. The number of nitrogens with zero attached hydrogens (tertiary/aromatic N) is 1. The molecular formula is C15H18N2OS. The predicted molar refractivity (Wildman–Crippen MR) is 78.7 cm³/mol. The number of nitrogens with one attached hydrogen (secondary N) is 1.